The van der Waals surface area contributed by atoms with Gasteiger partial charge in [0.2, 0.25) is 0 Å². The van der Waals surface area contributed by atoms with Crippen LogP contribution in [0.1, 0.15) is 18.0 Å². The molecule has 27 heavy (non-hydrogen) atoms. The van der Waals surface area contributed by atoms with Crippen LogP contribution in [0, 0.1) is 0 Å². The van der Waals surface area contributed by atoms with Crippen LogP contribution in [0.3, 0.4) is 0 Å². The molecular weight excluding hydrogens is 338 g/mol. The van der Waals surface area contributed by atoms with Crippen molar-refractivity contribution in [3.63, 3.8) is 0 Å². The molecule has 1 aliphatic heterocycles. The minimum absolute atomic E-state index is 0.00971. The maximum absolute atomic E-state index is 12.3. The van der Waals surface area contributed by atoms with E-state index < -0.39 is 0 Å². The number of rotatable bonds is 5. The molecule has 4 rings (SSSR count). The Kier molecular flexibility index (Phi) is 5.06. The number of carbonyl (C=O) groups excluding carboxylic acids is 1. The molecule has 0 aliphatic carbocycles. The third-order valence-corrected chi connectivity index (χ3v) is 4.63. The molecule has 1 atom stereocenters. The van der Waals surface area contributed by atoms with Gasteiger partial charge in [-0.25, -0.2) is 0 Å². The zero-order valence-electron chi connectivity index (χ0n) is 14.9. The van der Waals surface area contributed by atoms with Gasteiger partial charge in [0.25, 0.3) is 5.91 Å². The Bertz CT molecular complexity index is 906. The monoisotopic (exact) mass is 359 g/mol. The average molecular weight is 359 g/mol. The van der Waals surface area contributed by atoms with Gasteiger partial charge >= 0.3 is 0 Å². The largest absolute Gasteiger partial charge is 0.493 e. The summed E-state index contributed by atoms with van der Waals surface area (Å²) in [6, 6.07) is 25.7. The summed E-state index contributed by atoms with van der Waals surface area (Å²) in [5.41, 5.74) is 3.29. The predicted molar refractivity (Wildman–Crippen MR) is 105 cm³/mol. The lowest BCUT2D eigenvalue weighted by atomic mass is 10.0. The zero-order chi connectivity index (χ0) is 18.5. The topological polar surface area (TPSA) is 47.6 Å². The molecule has 0 aromatic heterocycles. The Labute approximate surface area is 158 Å². The molecule has 1 heterocycles. The van der Waals surface area contributed by atoms with Crippen LogP contribution < -0.4 is 14.8 Å². The van der Waals surface area contributed by atoms with Crippen LogP contribution in [0.2, 0.25) is 0 Å². The third kappa shape index (κ3) is 4.11. The molecule has 3 aromatic rings. The van der Waals surface area contributed by atoms with Crippen LogP contribution in [0.25, 0.3) is 11.1 Å². The van der Waals surface area contributed by atoms with Crippen LogP contribution in [0.15, 0.2) is 78.9 Å². The number of hydrogen-bond acceptors (Lipinski definition) is 3. The molecule has 136 valence electrons. The van der Waals surface area contributed by atoms with Crippen LogP contribution in [0.4, 0.5) is 0 Å². The predicted octanol–water partition coefficient (Wildman–Crippen LogP) is 4.37. The van der Waals surface area contributed by atoms with Gasteiger partial charge in [-0.15, -0.1) is 0 Å². The molecule has 0 saturated carbocycles. The Hall–Kier alpha value is -3.27. The molecule has 4 heteroatoms. The molecule has 1 aliphatic rings. The van der Waals surface area contributed by atoms with Gasteiger partial charge in [0, 0.05) is 12.0 Å². The fourth-order valence-electron chi connectivity index (χ4n) is 3.25. The summed E-state index contributed by atoms with van der Waals surface area (Å²) in [6.07, 6.45) is 0.758. The van der Waals surface area contributed by atoms with Crippen molar-refractivity contribution in [1.82, 2.24) is 5.32 Å². The summed E-state index contributed by atoms with van der Waals surface area (Å²) in [6.45, 7) is 0.591. The first-order valence-corrected chi connectivity index (χ1v) is 9.09. The summed E-state index contributed by atoms with van der Waals surface area (Å²) in [7, 11) is 0. The number of carbonyl (C=O) groups is 1. The Balaban J connectivity index is 1.33. The molecule has 1 amide bonds. The Morgan fingerprint density at radius 2 is 1.63 bits per heavy atom. The minimum atomic E-state index is -0.135. The van der Waals surface area contributed by atoms with Gasteiger partial charge in [-0.3, -0.25) is 4.79 Å². The molecule has 0 bridgehead atoms. The molecule has 4 nitrogen and oxygen atoms in total. The van der Waals surface area contributed by atoms with E-state index >= 15 is 0 Å². The van der Waals surface area contributed by atoms with Crippen LogP contribution in [0.5, 0.6) is 11.5 Å². The highest BCUT2D eigenvalue weighted by molar-refractivity contribution is 5.78. The highest BCUT2D eigenvalue weighted by atomic mass is 16.5. The van der Waals surface area contributed by atoms with Crippen molar-refractivity contribution in [2.75, 3.05) is 13.2 Å². The summed E-state index contributed by atoms with van der Waals surface area (Å²) in [4.78, 5) is 12.3. The summed E-state index contributed by atoms with van der Waals surface area (Å²) >= 11 is 0. The molecule has 1 N–H and O–H groups in total. The fraction of sp³-hybridized carbons (Fsp3) is 0.174. The first-order chi connectivity index (χ1) is 13.3. The van der Waals surface area contributed by atoms with E-state index in [0.29, 0.717) is 12.4 Å². The van der Waals surface area contributed by atoms with E-state index in [2.05, 4.69) is 17.4 Å². The quantitative estimate of drug-likeness (QED) is 0.736. The van der Waals surface area contributed by atoms with Crippen molar-refractivity contribution in [2.24, 2.45) is 0 Å². The van der Waals surface area contributed by atoms with Crippen LogP contribution in [-0.4, -0.2) is 19.1 Å². The standard InChI is InChI=1S/C23H21NO3/c25-23(24-21-14-15-26-22-9-5-4-8-20(21)22)16-27-19-12-10-18(11-13-19)17-6-2-1-3-7-17/h1-13,21H,14-16H2,(H,24,25)/t21-/m1/s1. The Morgan fingerprint density at radius 3 is 2.44 bits per heavy atom. The second-order valence-electron chi connectivity index (χ2n) is 6.47. The molecule has 0 saturated heterocycles. The van der Waals surface area contributed by atoms with E-state index in [1.54, 1.807) is 0 Å². The summed E-state index contributed by atoms with van der Waals surface area (Å²) in [5, 5.41) is 3.04. The van der Waals surface area contributed by atoms with Gasteiger partial charge in [-0.05, 0) is 29.3 Å². The lowest BCUT2D eigenvalue weighted by molar-refractivity contribution is -0.124. The molecule has 0 unspecified atom stereocenters. The minimum Gasteiger partial charge on any atom is -0.493 e. The normalized spacial score (nSPS) is 15.3. The second kappa shape index (κ2) is 7.96. The number of hydrogen-bond donors (Lipinski definition) is 1. The second-order valence-corrected chi connectivity index (χ2v) is 6.47. The fourth-order valence-corrected chi connectivity index (χ4v) is 3.25. The van der Waals surface area contributed by atoms with E-state index in [9.17, 15) is 4.79 Å². The highest BCUT2D eigenvalue weighted by Crippen LogP contribution is 2.31. The third-order valence-electron chi connectivity index (χ3n) is 4.63. The van der Waals surface area contributed by atoms with Gasteiger partial charge in [0.15, 0.2) is 6.61 Å². The van der Waals surface area contributed by atoms with Gasteiger partial charge in [-0.1, -0.05) is 60.7 Å². The van der Waals surface area contributed by atoms with E-state index in [1.807, 2.05) is 66.7 Å². The molecule has 0 spiro atoms. The van der Waals surface area contributed by atoms with Crippen LogP contribution in [-0.2, 0) is 4.79 Å². The molecule has 3 aromatic carbocycles. The number of benzene rings is 3. The first-order valence-electron chi connectivity index (χ1n) is 9.09. The molecular formula is C23H21NO3. The van der Waals surface area contributed by atoms with Crippen molar-refractivity contribution >= 4 is 5.91 Å². The number of fused-ring (bicyclic) bond motifs is 1. The maximum Gasteiger partial charge on any atom is 0.258 e. The SMILES string of the molecule is O=C(COc1ccc(-c2ccccc2)cc1)N[C@@H]1CCOc2ccccc21. The highest BCUT2D eigenvalue weighted by Gasteiger charge is 2.22. The lowest BCUT2D eigenvalue weighted by Crippen LogP contribution is -2.35. The van der Waals surface area contributed by atoms with Gasteiger partial charge in [-0.2, -0.15) is 0 Å². The van der Waals surface area contributed by atoms with E-state index in [-0.39, 0.29) is 18.6 Å². The van der Waals surface area contributed by atoms with Crippen molar-refractivity contribution in [3.05, 3.63) is 84.4 Å². The Morgan fingerprint density at radius 1 is 0.926 bits per heavy atom. The lowest BCUT2D eigenvalue weighted by Gasteiger charge is -2.26. The van der Waals surface area contributed by atoms with Crippen molar-refractivity contribution in [3.8, 4) is 22.6 Å². The van der Waals surface area contributed by atoms with Crippen LogP contribution >= 0.6 is 0 Å². The average Bonchev–Trinajstić information content (AvgIpc) is 2.74. The van der Waals surface area contributed by atoms with Gasteiger partial charge in [0.05, 0.1) is 12.6 Å². The number of nitrogens with one attached hydrogen (secondary N) is 1. The number of ether oxygens (including phenoxy) is 2. The van der Waals surface area contributed by atoms with Crippen molar-refractivity contribution < 1.29 is 14.3 Å². The van der Waals surface area contributed by atoms with Gasteiger partial charge in [0.1, 0.15) is 11.5 Å². The zero-order valence-corrected chi connectivity index (χ0v) is 14.9. The number of amides is 1. The summed E-state index contributed by atoms with van der Waals surface area (Å²) in [5.74, 6) is 1.38. The van der Waals surface area contributed by atoms with Crippen molar-refractivity contribution in [2.45, 2.75) is 12.5 Å². The summed E-state index contributed by atoms with van der Waals surface area (Å²) < 4.78 is 11.3. The first kappa shape index (κ1) is 17.2. The molecule has 0 fully saturated rings. The number of para-hydroxylation sites is 1. The van der Waals surface area contributed by atoms with Crippen molar-refractivity contribution in [1.29, 1.82) is 0 Å². The maximum atomic E-state index is 12.3. The smallest absolute Gasteiger partial charge is 0.258 e. The van der Waals surface area contributed by atoms with E-state index in [4.69, 9.17) is 9.47 Å². The van der Waals surface area contributed by atoms with Gasteiger partial charge < -0.3 is 14.8 Å². The molecule has 0 radical (unpaired) electrons. The van der Waals surface area contributed by atoms with E-state index in [1.165, 1.54) is 0 Å². The van der Waals surface area contributed by atoms with E-state index in [0.717, 1.165) is 28.9 Å².